The quantitative estimate of drug-likeness (QED) is 0.407. The van der Waals surface area contributed by atoms with Crippen LogP contribution >= 0.6 is 0 Å². The molecule has 4 rings (SSSR count). The normalized spacial score (nSPS) is 23.7. The Morgan fingerprint density at radius 3 is 2.53 bits per heavy atom. The molecule has 11 nitrogen and oxygen atoms in total. The summed E-state index contributed by atoms with van der Waals surface area (Å²) in [5, 5.41) is 10.1. The molecule has 0 saturated heterocycles. The van der Waals surface area contributed by atoms with Gasteiger partial charge in [-0.1, -0.05) is 26.2 Å². The maximum Gasteiger partial charge on any atom is 0.280 e. The lowest BCUT2D eigenvalue weighted by atomic mass is 9.89. The predicted molar refractivity (Wildman–Crippen MR) is 175 cm³/mol. The Labute approximate surface area is 269 Å². The molecule has 2 N–H and O–H groups in total. The summed E-state index contributed by atoms with van der Waals surface area (Å²) in [5.74, 6) is 0.741. The van der Waals surface area contributed by atoms with Crippen molar-refractivity contribution in [2.24, 2.45) is 18.9 Å². The number of imidazole rings is 1. The number of anilines is 1. The zero-order valence-electron chi connectivity index (χ0n) is 27.7. The molecule has 2 aromatic rings. The number of amides is 1. The predicted octanol–water partition coefficient (Wildman–Crippen LogP) is 4.53. The van der Waals surface area contributed by atoms with E-state index in [0.717, 1.165) is 32.4 Å². The largest absolute Gasteiger partial charge is 0.490 e. The average molecular weight is 648 g/mol. The summed E-state index contributed by atoms with van der Waals surface area (Å²) in [5.41, 5.74) is 0.458. The van der Waals surface area contributed by atoms with Crippen LogP contribution in [-0.2, 0) is 21.8 Å². The van der Waals surface area contributed by atoms with Crippen LogP contribution in [0.5, 0.6) is 5.75 Å². The number of likely N-dealkylation sites (N-methyl/N-ethyl adjacent to an activating group) is 1. The van der Waals surface area contributed by atoms with Gasteiger partial charge >= 0.3 is 0 Å². The monoisotopic (exact) mass is 647 g/mol. The molecule has 0 unspecified atom stereocenters. The molecule has 45 heavy (non-hydrogen) atoms. The number of aromatic nitrogens is 2. The summed E-state index contributed by atoms with van der Waals surface area (Å²) in [6.45, 7) is 8.48. The highest BCUT2D eigenvalue weighted by Gasteiger charge is 2.31. The van der Waals surface area contributed by atoms with E-state index in [2.05, 4.69) is 28.6 Å². The molecule has 1 aliphatic carbocycles. The first-order chi connectivity index (χ1) is 21.5. The molecule has 0 bridgehead atoms. The number of carbonyl (C=O) groups is 1. The first kappa shape index (κ1) is 35.2. The van der Waals surface area contributed by atoms with Gasteiger partial charge in [0.15, 0.2) is 5.03 Å². The summed E-state index contributed by atoms with van der Waals surface area (Å²) >= 11 is 0. The van der Waals surface area contributed by atoms with E-state index < -0.39 is 16.1 Å². The molecule has 2 heterocycles. The van der Waals surface area contributed by atoms with Crippen LogP contribution < -0.4 is 9.46 Å². The molecular formula is C33H53N5O6S. The van der Waals surface area contributed by atoms with Gasteiger partial charge in [0.1, 0.15) is 5.75 Å². The third-order valence-corrected chi connectivity index (χ3v) is 10.3. The van der Waals surface area contributed by atoms with E-state index in [1.165, 1.54) is 50.7 Å². The second-order valence-electron chi connectivity index (χ2n) is 13.2. The molecule has 1 fully saturated rings. The first-order valence-corrected chi connectivity index (χ1v) is 18.0. The van der Waals surface area contributed by atoms with Gasteiger partial charge in [-0.25, -0.2) is 4.98 Å². The molecule has 1 aromatic heterocycles. The minimum absolute atomic E-state index is 0.0196. The van der Waals surface area contributed by atoms with Gasteiger partial charge in [-0.2, -0.15) is 8.42 Å². The number of fused-ring (bicyclic) bond motifs is 1. The summed E-state index contributed by atoms with van der Waals surface area (Å²) in [7, 11) is -0.121. The molecule has 1 saturated carbocycles. The molecule has 1 aromatic carbocycles. The SMILES string of the molecule is C[C@@H]1CN([C@H](C)CO)C(=O)c2cc(NS(=O)(=O)c3cn(C)cn3)ccc2O[C@@H](C)CCCCO[C@H]1CN(C)CC1CCCCC1. The Hall–Kier alpha value is -2.67. The number of aliphatic hydroxyl groups excluding tert-OH is 1. The number of hydrogen-bond donors (Lipinski definition) is 2. The van der Waals surface area contributed by atoms with Gasteiger partial charge in [-0.3, -0.25) is 9.52 Å². The fraction of sp³-hybridized carbons (Fsp3) is 0.697. The Bertz CT molecular complexity index is 1340. The van der Waals surface area contributed by atoms with Gasteiger partial charge in [0.2, 0.25) is 0 Å². The van der Waals surface area contributed by atoms with Gasteiger partial charge in [0.25, 0.3) is 15.9 Å². The molecule has 1 aliphatic heterocycles. The zero-order chi connectivity index (χ0) is 32.6. The van der Waals surface area contributed by atoms with Crippen LogP contribution in [0.2, 0.25) is 0 Å². The number of hydrogen-bond acceptors (Lipinski definition) is 8. The van der Waals surface area contributed by atoms with Crippen molar-refractivity contribution < 1.29 is 27.8 Å². The third kappa shape index (κ3) is 9.91. The average Bonchev–Trinajstić information content (AvgIpc) is 3.46. The summed E-state index contributed by atoms with van der Waals surface area (Å²) in [6.07, 6.45) is 11.7. The zero-order valence-corrected chi connectivity index (χ0v) is 28.5. The third-order valence-electron chi connectivity index (χ3n) is 9.05. The number of carbonyl (C=O) groups excluding carboxylic acids is 1. The molecule has 0 radical (unpaired) electrons. The molecule has 12 heteroatoms. The number of aryl methyl sites for hydroxylation is 1. The van der Waals surface area contributed by atoms with Crippen molar-refractivity contribution in [1.82, 2.24) is 19.4 Å². The molecule has 2 aliphatic rings. The van der Waals surface area contributed by atoms with Gasteiger partial charge in [-0.15, -0.1) is 0 Å². The highest BCUT2D eigenvalue weighted by Crippen LogP contribution is 2.30. The molecule has 4 atom stereocenters. The standard InChI is InChI=1S/C33H53N5O6S/c1-24-18-38(25(2)22-39)33(40)29-17-28(35-45(41,42)32-21-37(5)23-34-32)14-15-30(29)44-26(3)11-9-10-16-43-31(24)20-36(4)19-27-12-7-6-8-13-27/h14-15,17,21,23-27,31,35,39H,6-13,16,18-20,22H2,1-5H3/t24-,25-,26+,31+/m1/s1. The highest BCUT2D eigenvalue weighted by molar-refractivity contribution is 7.92. The highest BCUT2D eigenvalue weighted by atomic mass is 32.2. The maximum absolute atomic E-state index is 14.3. The van der Waals surface area contributed by atoms with E-state index in [-0.39, 0.29) is 46.9 Å². The minimum Gasteiger partial charge on any atom is -0.490 e. The Balaban J connectivity index is 1.61. The van der Waals surface area contributed by atoms with Crippen LogP contribution in [0.4, 0.5) is 5.69 Å². The van der Waals surface area contributed by atoms with Crippen LogP contribution in [0.25, 0.3) is 0 Å². The number of aliphatic hydroxyl groups is 1. The number of nitrogens with zero attached hydrogens (tertiary/aromatic N) is 4. The smallest absolute Gasteiger partial charge is 0.280 e. The van der Waals surface area contributed by atoms with Crippen molar-refractivity contribution >= 4 is 21.6 Å². The van der Waals surface area contributed by atoms with Crippen LogP contribution in [0.15, 0.2) is 35.7 Å². The second-order valence-corrected chi connectivity index (χ2v) is 14.8. The first-order valence-electron chi connectivity index (χ1n) is 16.5. The lowest BCUT2D eigenvalue weighted by Crippen LogP contribution is -2.47. The van der Waals surface area contributed by atoms with Crippen molar-refractivity contribution in [1.29, 1.82) is 0 Å². The van der Waals surface area contributed by atoms with E-state index in [4.69, 9.17) is 9.47 Å². The number of nitrogens with one attached hydrogen (secondary N) is 1. The molecule has 1 amide bonds. The van der Waals surface area contributed by atoms with E-state index in [0.29, 0.717) is 24.8 Å². The van der Waals surface area contributed by atoms with Crippen LogP contribution in [-0.4, -0.2) is 96.9 Å². The summed E-state index contributed by atoms with van der Waals surface area (Å²) in [6, 6.07) is 4.28. The van der Waals surface area contributed by atoms with E-state index in [1.807, 2.05) is 13.8 Å². The Morgan fingerprint density at radius 1 is 1.11 bits per heavy atom. The fourth-order valence-electron chi connectivity index (χ4n) is 6.38. The number of benzene rings is 1. The summed E-state index contributed by atoms with van der Waals surface area (Å²) in [4.78, 5) is 22.3. The topological polar surface area (TPSA) is 126 Å². The van der Waals surface area contributed by atoms with Crippen molar-refractivity contribution in [2.75, 3.05) is 44.6 Å². The van der Waals surface area contributed by atoms with Crippen LogP contribution in [0, 0.1) is 11.8 Å². The molecular weight excluding hydrogens is 594 g/mol. The van der Waals surface area contributed by atoms with Crippen molar-refractivity contribution in [3.8, 4) is 5.75 Å². The molecule has 0 spiro atoms. The maximum atomic E-state index is 14.3. The van der Waals surface area contributed by atoms with Gasteiger partial charge in [0.05, 0.1) is 36.7 Å². The minimum atomic E-state index is -3.98. The van der Waals surface area contributed by atoms with E-state index >= 15 is 0 Å². The lowest BCUT2D eigenvalue weighted by molar-refractivity contribution is -0.0190. The number of rotatable bonds is 9. The van der Waals surface area contributed by atoms with E-state index in [9.17, 15) is 18.3 Å². The van der Waals surface area contributed by atoms with Gasteiger partial charge in [-0.05, 0) is 77.1 Å². The fourth-order valence-corrected chi connectivity index (χ4v) is 7.41. The lowest BCUT2D eigenvalue weighted by Gasteiger charge is -2.36. The number of sulfonamides is 1. The van der Waals surface area contributed by atoms with Crippen molar-refractivity contribution in [2.45, 2.75) is 95.4 Å². The second kappa shape index (κ2) is 16.2. The van der Waals surface area contributed by atoms with Crippen molar-refractivity contribution in [3.05, 3.63) is 36.3 Å². The molecule has 252 valence electrons. The Kier molecular flexibility index (Phi) is 12.7. The van der Waals surface area contributed by atoms with Crippen molar-refractivity contribution in [3.63, 3.8) is 0 Å². The Morgan fingerprint density at radius 2 is 1.84 bits per heavy atom. The van der Waals surface area contributed by atoms with Gasteiger partial charge in [0, 0.05) is 51.1 Å². The van der Waals surface area contributed by atoms with Crippen LogP contribution in [0.3, 0.4) is 0 Å². The van der Waals surface area contributed by atoms with E-state index in [1.54, 1.807) is 28.6 Å². The van der Waals surface area contributed by atoms with Crippen LogP contribution in [0.1, 0.15) is 82.5 Å². The van der Waals surface area contributed by atoms with Gasteiger partial charge < -0.3 is 28.9 Å². The summed E-state index contributed by atoms with van der Waals surface area (Å²) < 4.78 is 43.0. The number of ether oxygens (including phenoxy) is 2.